The minimum Gasteiger partial charge on any atom is -0.332 e. The van der Waals surface area contributed by atoms with Crippen LogP contribution in [0, 0.1) is 11.3 Å². The summed E-state index contributed by atoms with van der Waals surface area (Å²) in [4.78, 5) is 12.1. The van der Waals surface area contributed by atoms with Gasteiger partial charge in [-0.25, -0.2) is 0 Å². The Bertz CT molecular complexity index is 1030. The molecule has 0 radical (unpaired) electrons. The van der Waals surface area contributed by atoms with Crippen molar-refractivity contribution < 1.29 is 4.79 Å². The zero-order valence-corrected chi connectivity index (χ0v) is 14.6. The number of nitrogens with one attached hydrogen (secondary N) is 2. The molecule has 0 aliphatic carbocycles. The van der Waals surface area contributed by atoms with Crippen LogP contribution in [0.2, 0.25) is 0 Å². The van der Waals surface area contributed by atoms with Crippen LogP contribution in [0.3, 0.4) is 0 Å². The molecule has 0 aromatic heterocycles. The number of nitrogens with zero attached hydrogens (tertiary/aromatic N) is 1. The number of hydrogen-bond acceptors (Lipinski definition) is 3. The van der Waals surface area contributed by atoms with Crippen LogP contribution in [-0.2, 0) is 4.79 Å². The Morgan fingerprint density at radius 1 is 1.00 bits per heavy atom. The molecule has 3 aromatic rings. The van der Waals surface area contributed by atoms with Gasteiger partial charge in [0, 0.05) is 11.8 Å². The van der Waals surface area contributed by atoms with Crippen molar-refractivity contribution in [1.29, 1.82) is 5.26 Å². The minimum absolute atomic E-state index is 0.197. The van der Waals surface area contributed by atoms with Gasteiger partial charge in [-0.2, -0.15) is 5.26 Å². The van der Waals surface area contributed by atoms with Crippen LogP contribution in [0.1, 0.15) is 11.1 Å². The second-order valence-electron chi connectivity index (χ2n) is 5.53. The molecule has 0 heterocycles. The first-order valence-electron chi connectivity index (χ1n) is 7.94. The molecule has 2 N–H and O–H groups in total. The van der Waals surface area contributed by atoms with Gasteiger partial charge in [0.15, 0.2) is 5.11 Å². The predicted molar refractivity (Wildman–Crippen MR) is 109 cm³/mol. The number of rotatable bonds is 3. The first-order valence-corrected chi connectivity index (χ1v) is 8.34. The molecule has 0 saturated heterocycles. The highest BCUT2D eigenvalue weighted by molar-refractivity contribution is 7.80. The quantitative estimate of drug-likeness (QED) is 0.544. The van der Waals surface area contributed by atoms with E-state index in [0.29, 0.717) is 11.3 Å². The van der Waals surface area contributed by atoms with Gasteiger partial charge in [0.2, 0.25) is 5.91 Å². The Labute approximate surface area is 156 Å². The third-order valence-electron chi connectivity index (χ3n) is 3.75. The van der Waals surface area contributed by atoms with Crippen molar-refractivity contribution in [3.05, 3.63) is 83.9 Å². The summed E-state index contributed by atoms with van der Waals surface area (Å²) >= 11 is 5.14. The first-order chi connectivity index (χ1) is 12.7. The summed E-state index contributed by atoms with van der Waals surface area (Å²) in [6, 6.07) is 22.8. The zero-order chi connectivity index (χ0) is 18.4. The van der Waals surface area contributed by atoms with Gasteiger partial charge in [-0.15, -0.1) is 0 Å². The van der Waals surface area contributed by atoms with Crippen LogP contribution in [0.4, 0.5) is 5.69 Å². The van der Waals surface area contributed by atoms with Crippen molar-refractivity contribution in [2.45, 2.75) is 0 Å². The fourth-order valence-corrected chi connectivity index (χ4v) is 2.72. The van der Waals surface area contributed by atoms with Gasteiger partial charge >= 0.3 is 0 Å². The molecule has 1 amide bonds. The fraction of sp³-hybridized carbons (Fsp3) is 0. The lowest BCUT2D eigenvalue weighted by atomic mass is 10.0. The van der Waals surface area contributed by atoms with Crippen molar-refractivity contribution in [2.24, 2.45) is 0 Å². The Kier molecular flexibility index (Phi) is 5.37. The number of fused-ring (bicyclic) bond motifs is 1. The fourth-order valence-electron chi connectivity index (χ4n) is 2.51. The van der Waals surface area contributed by atoms with E-state index in [2.05, 4.69) is 10.6 Å². The maximum atomic E-state index is 12.1. The smallest absolute Gasteiger partial charge is 0.250 e. The number of amides is 1. The lowest BCUT2D eigenvalue weighted by Crippen LogP contribution is -2.32. The number of carbonyl (C=O) groups is 1. The molecule has 0 bridgehead atoms. The van der Waals surface area contributed by atoms with Crippen molar-refractivity contribution in [3.63, 3.8) is 0 Å². The van der Waals surface area contributed by atoms with Gasteiger partial charge in [-0.05, 0) is 58.9 Å². The third kappa shape index (κ3) is 4.32. The van der Waals surface area contributed by atoms with Crippen molar-refractivity contribution in [1.82, 2.24) is 5.32 Å². The number of nitriles is 1. The lowest BCUT2D eigenvalue weighted by Gasteiger charge is -2.08. The summed E-state index contributed by atoms with van der Waals surface area (Å²) in [6.07, 6.45) is 3.22. The van der Waals surface area contributed by atoms with E-state index in [9.17, 15) is 4.79 Å². The standard InChI is InChI=1S/C21H15N3OS/c22-14-15-8-11-18(12-9-15)23-21(26)24-20(25)13-10-17-6-3-5-16-4-1-2-7-19(16)17/h1-13H,(H2,23,24,25,26)/b13-10+. The average molecular weight is 357 g/mol. The molecule has 5 heteroatoms. The Morgan fingerprint density at radius 3 is 2.50 bits per heavy atom. The second-order valence-corrected chi connectivity index (χ2v) is 5.94. The predicted octanol–water partition coefficient (Wildman–Crippen LogP) is 4.24. The maximum Gasteiger partial charge on any atom is 0.250 e. The van der Waals surface area contributed by atoms with Gasteiger partial charge in [0.05, 0.1) is 11.6 Å². The normalized spacial score (nSPS) is 10.4. The second kappa shape index (κ2) is 8.06. The van der Waals surface area contributed by atoms with Gasteiger partial charge in [0.1, 0.15) is 0 Å². The van der Waals surface area contributed by atoms with E-state index < -0.39 is 0 Å². The number of anilines is 1. The molecule has 26 heavy (non-hydrogen) atoms. The largest absolute Gasteiger partial charge is 0.332 e. The van der Waals surface area contributed by atoms with Crippen molar-refractivity contribution in [2.75, 3.05) is 5.32 Å². The van der Waals surface area contributed by atoms with E-state index in [4.69, 9.17) is 17.5 Å². The highest BCUT2D eigenvalue weighted by atomic mass is 32.1. The molecule has 0 aliphatic heterocycles. The molecule has 126 valence electrons. The van der Waals surface area contributed by atoms with E-state index in [0.717, 1.165) is 16.3 Å². The molecule has 0 atom stereocenters. The van der Waals surface area contributed by atoms with Crippen molar-refractivity contribution in [3.8, 4) is 6.07 Å². The van der Waals surface area contributed by atoms with Crippen molar-refractivity contribution >= 4 is 45.8 Å². The Balaban J connectivity index is 1.63. The highest BCUT2D eigenvalue weighted by Gasteiger charge is 2.03. The van der Waals surface area contributed by atoms with Crippen LogP contribution < -0.4 is 10.6 Å². The third-order valence-corrected chi connectivity index (χ3v) is 3.95. The topological polar surface area (TPSA) is 64.9 Å². The number of thiocarbonyl (C=S) groups is 1. The van der Waals surface area contributed by atoms with Gasteiger partial charge < -0.3 is 5.32 Å². The molecule has 0 spiro atoms. The molecule has 0 unspecified atom stereocenters. The van der Waals surface area contributed by atoms with Crippen LogP contribution in [0.15, 0.2) is 72.8 Å². The summed E-state index contributed by atoms with van der Waals surface area (Å²) in [5.74, 6) is -0.316. The molecule has 0 saturated carbocycles. The van der Waals surface area contributed by atoms with Crippen LogP contribution in [0.5, 0.6) is 0 Å². The highest BCUT2D eigenvalue weighted by Crippen LogP contribution is 2.19. The summed E-state index contributed by atoms with van der Waals surface area (Å²) < 4.78 is 0. The monoisotopic (exact) mass is 357 g/mol. The number of benzene rings is 3. The van der Waals surface area contributed by atoms with E-state index in [1.165, 1.54) is 6.08 Å². The lowest BCUT2D eigenvalue weighted by molar-refractivity contribution is -0.115. The van der Waals surface area contributed by atoms with Gasteiger partial charge in [-0.1, -0.05) is 42.5 Å². The zero-order valence-electron chi connectivity index (χ0n) is 13.8. The molecular weight excluding hydrogens is 342 g/mol. The maximum absolute atomic E-state index is 12.1. The van der Waals surface area contributed by atoms with E-state index in [1.807, 2.05) is 48.5 Å². The van der Waals surface area contributed by atoms with Crippen LogP contribution in [-0.4, -0.2) is 11.0 Å². The SMILES string of the molecule is N#Cc1ccc(NC(=S)NC(=O)/C=C/c2cccc3ccccc23)cc1. The first kappa shape index (κ1) is 17.3. The summed E-state index contributed by atoms with van der Waals surface area (Å²) in [7, 11) is 0. The van der Waals surface area contributed by atoms with E-state index in [1.54, 1.807) is 30.3 Å². The molecule has 0 fully saturated rings. The molecular formula is C21H15N3OS. The van der Waals surface area contributed by atoms with E-state index >= 15 is 0 Å². The van der Waals surface area contributed by atoms with Gasteiger partial charge in [-0.3, -0.25) is 10.1 Å². The average Bonchev–Trinajstić information content (AvgIpc) is 2.67. The van der Waals surface area contributed by atoms with Crippen LogP contribution in [0.25, 0.3) is 16.8 Å². The Hall–Kier alpha value is -3.49. The molecule has 3 aromatic carbocycles. The summed E-state index contributed by atoms with van der Waals surface area (Å²) in [5, 5.41) is 16.7. The van der Waals surface area contributed by atoms with E-state index in [-0.39, 0.29) is 11.0 Å². The molecule has 0 aliphatic rings. The summed E-state index contributed by atoms with van der Waals surface area (Å²) in [5.41, 5.74) is 2.22. The molecule has 4 nitrogen and oxygen atoms in total. The number of carbonyl (C=O) groups excluding carboxylic acids is 1. The molecule has 3 rings (SSSR count). The van der Waals surface area contributed by atoms with Crippen LogP contribution >= 0.6 is 12.2 Å². The minimum atomic E-state index is -0.316. The van der Waals surface area contributed by atoms with Gasteiger partial charge in [0.25, 0.3) is 0 Å². The summed E-state index contributed by atoms with van der Waals surface area (Å²) in [6.45, 7) is 0. The Morgan fingerprint density at radius 2 is 1.73 bits per heavy atom. The number of hydrogen-bond donors (Lipinski definition) is 2.